The van der Waals surface area contributed by atoms with Crippen molar-refractivity contribution in [3.63, 3.8) is 0 Å². The second-order valence-corrected chi connectivity index (χ2v) is 8.14. The second kappa shape index (κ2) is 6.38. The maximum Gasteiger partial charge on any atom is 0.0188 e. The van der Waals surface area contributed by atoms with Crippen molar-refractivity contribution in [2.45, 2.75) is 45.4 Å². The van der Waals surface area contributed by atoms with Crippen LogP contribution in [0.25, 0.3) is 0 Å². The van der Waals surface area contributed by atoms with E-state index in [-0.39, 0.29) is 0 Å². The molecule has 0 aromatic heterocycles. The number of rotatable bonds is 4. The van der Waals surface area contributed by atoms with Gasteiger partial charge < -0.3 is 0 Å². The Kier molecular flexibility index (Phi) is 5.72. The van der Waals surface area contributed by atoms with Gasteiger partial charge in [-0.1, -0.05) is 71.7 Å². The van der Waals surface area contributed by atoms with Gasteiger partial charge in [-0.25, -0.2) is 0 Å². The Morgan fingerprint density at radius 3 is 2.12 bits per heavy atom. The molecule has 2 heteroatoms. The largest absolute Gasteiger partial charge is 0.0887 e. The predicted molar refractivity (Wildman–Crippen MR) is 83.8 cm³/mol. The summed E-state index contributed by atoms with van der Waals surface area (Å²) in [6.45, 7) is 9.29. The summed E-state index contributed by atoms with van der Waals surface area (Å²) in [6.07, 6.45) is 2.33. The SMILES string of the molecule is CC(CC(Br)Cc1ccc(Br)cc1)C(C)(C)C. The van der Waals surface area contributed by atoms with E-state index >= 15 is 0 Å². The molecule has 0 spiro atoms. The molecule has 0 aliphatic carbocycles. The highest BCUT2D eigenvalue weighted by Crippen LogP contribution is 2.31. The molecule has 17 heavy (non-hydrogen) atoms. The minimum Gasteiger partial charge on any atom is -0.0887 e. The molecule has 0 saturated carbocycles. The third-order valence-electron chi connectivity index (χ3n) is 3.46. The summed E-state index contributed by atoms with van der Waals surface area (Å²) in [6, 6.07) is 8.62. The van der Waals surface area contributed by atoms with Gasteiger partial charge >= 0.3 is 0 Å². The Morgan fingerprint density at radius 1 is 1.12 bits per heavy atom. The van der Waals surface area contributed by atoms with Crippen molar-refractivity contribution in [3.05, 3.63) is 34.3 Å². The second-order valence-electron chi connectivity index (χ2n) is 5.93. The highest BCUT2D eigenvalue weighted by Gasteiger charge is 2.22. The maximum atomic E-state index is 3.81. The summed E-state index contributed by atoms with van der Waals surface area (Å²) in [5.41, 5.74) is 1.79. The lowest BCUT2D eigenvalue weighted by molar-refractivity contribution is 0.246. The van der Waals surface area contributed by atoms with Crippen molar-refractivity contribution in [2.24, 2.45) is 11.3 Å². The van der Waals surface area contributed by atoms with Crippen molar-refractivity contribution in [1.82, 2.24) is 0 Å². The first-order chi connectivity index (χ1) is 7.79. The van der Waals surface area contributed by atoms with E-state index in [0.717, 1.165) is 16.8 Å². The van der Waals surface area contributed by atoms with Crippen LogP contribution in [0.2, 0.25) is 0 Å². The molecule has 2 atom stereocenters. The summed E-state index contributed by atoms with van der Waals surface area (Å²) in [4.78, 5) is 0.568. The lowest BCUT2D eigenvalue weighted by Gasteiger charge is -2.29. The summed E-state index contributed by atoms with van der Waals surface area (Å²) in [5.74, 6) is 0.724. The van der Waals surface area contributed by atoms with E-state index in [2.05, 4.69) is 83.8 Å². The van der Waals surface area contributed by atoms with Gasteiger partial charge in [-0.3, -0.25) is 0 Å². The predicted octanol–water partition coefficient (Wildman–Crippen LogP) is 5.83. The van der Waals surface area contributed by atoms with Crippen LogP contribution < -0.4 is 0 Å². The average molecular weight is 362 g/mol. The average Bonchev–Trinajstić information content (AvgIpc) is 2.20. The molecule has 1 rings (SSSR count). The van der Waals surface area contributed by atoms with E-state index in [1.165, 1.54) is 12.0 Å². The molecular formula is C15H22Br2. The molecule has 2 unspecified atom stereocenters. The zero-order valence-corrected chi connectivity index (χ0v) is 14.3. The van der Waals surface area contributed by atoms with Crippen molar-refractivity contribution in [1.29, 1.82) is 0 Å². The zero-order chi connectivity index (χ0) is 13.1. The fourth-order valence-electron chi connectivity index (χ4n) is 1.70. The van der Waals surface area contributed by atoms with Crippen LogP contribution in [0.3, 0.4) is 0 Å². The van der Waals surface area contributed by atoms with Gasteiger partial charge in [-0.15, -0.1) is 0 Å². The number of hydrogen-bond donors (Lipinski definition) is 0. The van der Waals surface area contributed by atoms with Gasteiger partial charge in [0.1, 0.15) is 0 Å². The number of benzene rings is 1. The molecule has 0 saturated heterocycles. The maximum absolute atomic E-state index is 3.81. The highest BCUT2D eigenvalue weighted by molar-refractivity contribution is 9.10. The van der Waals surface area contributed by atoms with Crippen molar-refractivity contribution in [2.75, 3.05) is 0 Å². The fourth-order valence-corrected chi connectivity index (χ4v) is 2.90. The Morgan fingerprint density at radius 2 is 1.65 bits per heavy atom. The number of hydrogen-bond acceptors (Lipinski definition) is 0. The molecule has 0 aliphatic heterocycles. The molecule has 1 aromatic rings. The Hall–Kier alpha value is 0.180. The highest BCUT2D eigenvalue weighted by atomic mass is 79.9. The lowest BCUT2D eigenvalue weighted by Crippen LogP contribution is -2.21. The Balaban J connectivity index is 2.50. The molecule has 0 amide bonds. The van der Waals surface area contributed by atoms with Gasteiger partial charge in [-0.05, 0) is 41.9 Å². The molecule has 0 fully saturated rings. The summed E-state index contributed by atoms with van der Waals surface area (Å²) in [5, 5.41) is 0. The van der Waals surface area contributed by atoms with Crippen LogP contribution in [0.5, 0.6) is 0 Å². The first kappa shape index (κ1) is 15.2. The van der Waals surface area contributed by atoms with E-state index < -0.39 is 0 Å². The topological polar surface area (TPSA) is 0 Å². The lowest BCUT2D eigenvalue weighted by atomic mass is 9.79. The van der Waals surface area contributed by atoms with Crippen molar-refractivity contribution >= 4 is 31.9 Å². The monoisotopic (exact) mass is 360 g/mol. The smallest absolute Gasteiger partial charge is 0.0188 e. The van der Waals surface area contributed by atoms with E-state index in [1.807, 2.05) is 0 Å². The van der Waals surface area contributed by atoms with Gasteiger partial charge in [0.2, 0.25) is 0 Å². The van der Waals surface area contributed by atoms with Crippen LogP contribution in [-0.2, 0) is 6.42 Å². The molecule has 0 bridgehead atoms. The van der Waals surface area contributed by atoms with E-state index in [1.54, 1.807) is 0 Å². The molecule has 0 N–H and O–H groups in total. The molecule has 1 aromatic carbocycles. The molecule has 0 aliphatic rings. The first-order valence-electron chi connectivity index (χ1n) is 6.17. The molecule has 0 heterocycles. The normalized spacial score (nSPS) is 15.6. The van der Waals surface area contributed by atoms with E-state index in [0.29, 0.717) is 10.2 Å². The number of halogens is 2. The third-order valence-corrected chi connectivity index (χ3v) is 4.68. The van der Waals surface area contributed by atoms with E-state index in [9.17, 15) is 0 Å². The van der Waals surface area contributed by atoms with Crippen molar-refractivity contribution < 1.29 is 0 Å². The van der Waals surface area contributed by atoms with Crippen LogP contribution in [0.15, 0.2) is 28.7 Å². The van der Waals surface area contributed by atoms with Crippen LogP contribution >= 0.6 is 31.9 Å². The Bertz CT molecular complexity index is 335. The zero-order valence-electron chi connectivity index (χ0n) is 11.1. The van der Waals surface area contributed by atoms with Gasteiger partial charge in [0.25, 0.3) is 0 Å². The van der Waals surface area contributed by atoms with Gasteiger partial charge in [-0.2, -0.15) is 0 Å². The summed E-state index contributed by atoms with van der Waals surface area (Å²) >= 11 is 7.28. The van der Waals surface area contributed by atoms with Crippen LogP contribution in [0.4, 0.5) is 0 Å². The van der Waals surface area contributed by atoms with Crippen LogP contribution in [-0.4, -0.2) is 4.83 Å². The van der Waals surface area contributed by atoms with Crippen LogP contribution in [0.1, 0.15) is 39.7 Å². The standard InChI is InChI=1S/C15H22Br2/c1-11(15(2,3)4)9-14(17)10-12-5-7-13(16)8-6-12/h5-8,11,14H,9-10H2,1-4H3. The van der Waals surface area contributed by atoms with Crippen LogP contribution in [0, 0.1) is 11.3 Å². The molecular weight excluding hydrogens is 340 g/mol. The summed E-state index contributed by atoms with van der Waals surface area (Å²) < 4.78 is 1.15. The minimum atomic E-state index is 0.395. The van der Waals surface area contributed by atoms with Gasteiger partial charge in [0.15, 0.2) is 0 Å². The number of alkyl halides is 1. The molecule has 96 valence electrons. The van der Waals surface area contributed by atoms with Gasteiger partial charge in [0.05, 0.1) is 0 Å². The minimum absolute atomic E-state index is 0.395. The first-order valence-corrected chi connectivity index (χ1v) is 7.88. The fraction of sp³-hybridized carbons (Fsp3) is 0.600. The van der Waals surface area contributed by atoms with Crippen molar-refractivity contribution in [3.8, 4) is 0 Å². The molecule has 0 radical (unpaired) electrons. The Labute approximate surface area is 122 Å². The third kappa shape index (κ3) is 5.56. The van der Waals surface area contributed by atoms with Gasteiger partial charge in [0, 0.05) is 9.30 Å². The summed E-state index contributed by atoms with van der Waals surface area (Å²) in [7, 11) is 0. The van der Waals surface area contributed by atoms with E-state index in [4.69, 9.17) is 0 Å². The quantitative estimate of drug-likeness (QED) is 0.592. The molecule has 0 nitrogen and oxygen atoms in total.